The summed E-state index contributed by atoms with van der Waals surface area (Å²) in [6, 6.07) is 5.89. The van der Waals surface area contributed by atoms with Gasteiger partial charge in [0.25, 0.3) is 0 Å². The molecule has 0 unspecified atom stereocenters. The summed E-state index contributed by atoms with van der Waals surface area (Å²) in [5, 5.41) is 9.39. The Hall–Kier alpha value is -1.07. The van der Waals surface area contributed by atoms with Gasteiger partial charge >= 0.3 is 0 Å². The van der Waals surface area contributed by atoms with E-state index in [2.05, 4.69) is 0 Å². The van der Waals surface area contributed by atoms with E-state index >= 15 is 0 Å². The summed E-state index contributed by atoms with van der Waals surface area (Å²) in [4.78, 5) is 0.183. The minimum absolute atomic E-state index is 0.0110. The quantitative estimate of drug-likeness (QED) is 0.896. The molecular weight excluding hydrogens is 250 g/mol. The topological polar surface area (TPSA) is 57.6 Å². The zero-order valence-electron chi connectivity index (χ0n) is 10.4. The Bertz CT molecular complexity index is 491. The standard InChI is InChI=1S/C13H19NO3S/c15-12-7-6-8-13(11-12)18(16,17)14-9-4-2-1-3-5-10-14/h6-8,11,15H,1-5,9-10H2. The molecule has 0 spiro atoms. The second-order valence-electron chi connectivity index (χ2n) is 4.67. The van der Waals surface area contributed by atoms with Gasteiger partial charge in [-0.15, -0.1) is 0 Å². The molecular formula is C13H19NO3S. The predicted molar refractivity (Wildman–Crippen MR) is 70.0 cm³/mol. The molecule has 1 aromatic rings. The Morgan fingerprint density at radius 3 is 2.22 bits per heavy atom. The minimum atomic E-state index is -3.45. The van der Waals surface area contributed by atoms with Crippen LogP contribution in [-0.2, 0) is 10.0 Å². The summed E-state index contributed by atoms with van der Waals surface area (Å²) in [7, 11) is -3.45. The van der Waals surface area contributed by atoms with Crippen molar-refractivity contribution in [3.63, 3.8) is 0 Å². The highest BCUT2D eigenvalue weighted by molar-refractivity contribution is 7.89. The Labute approximate surface area is 108 Å². The highest BCUT2D eigenvalue weighted by atomic mass is 32.2. The van der Waals surface area contributed by atoms with Crippen molar-refractivity contribution in [1.29, 1.82) is 0 Å². The predicted octanol–water partition coefficient (Wildman–Crippen LogP) is 2.35. The summed E-state index contributed by atoms with van der Waals surface area (Å²) in [6.07, 6.45) is 5.20. The molecule has 0 radical (unpaired) electrons. The van der Waals surface area contributed by atoms with E-state index in [-0.39, 0.29) is 10.6 Å². The molecule has 1 saturated heterocycles. The number of benzene rings is 1. The number of rotatable bonds is 2. The number of phenolic OH excluding ortho intramolecular Hbond substituents is 1. The number of sulfonamides is 1. The maximum atomic E-state index is 12.4. The van der Waals surface area contributed by atoms with Crippen LogP contribution in [0.2, 0.25) is 0 Å². The monoisotopic (exact) mass is 269 g/mol. The lowest BCUT2D eigenvalue weighted by molar-refractivity contribution is 0.364. The zero-order chi connectivity index (χ0) is 13.0. The van der Waals surface area contributed by atoms with Crippen LogP contribution in [0.25, 0.3) is 0 Å². The second kappa shape index (κ2) is 5.71. The highest BCUT2D eigenvalue weighted by Gasteiger charge is 2.24. The molecule has 1 aliphatic heterocycles. The lowest BCUT2D eigenvalue weighted by atomic mass is 10.1. The van der Waals surface area contributed by atoms with Gasteiger partial charge in [0.15, 0.2) is 0 Å². The van der Waals surface area contributed by atoms with Gasteiger partial charge in [0.2, 0.25) is 10.0 Å². The smallest absolute Gasteiger partial charge is 0.243 e. The average molecular weight is 269 g/mol. The van der Waals surface area contributed by atoms with Gasteiger partial charge in [0.05, 0.1) is 4.90 Å². The molecule has 2 rings (SSSR count). The third-order valence-corrected chi connectivity index (χ3v) is 5.17. The number of phenols is 1. The first-order chi connectivity index (χ1) is 8.60. The van der Waals surface area contributed by atoms with Gasteiger partial charge in [-0.2, -0.15) is 4.31 Å². The van der Waals surface area contributed by atoms with Crippen LogP contribution in [-0.4, -0.2) is 30.9 Å². The van der Waals surface area contributed by atoms with Crippen LogP contribution in [0.5, 0.6) is 5.75 Å². The molecule has 1 aromatic carbocycles. The summed E-state index contributed by atoms with van der Waals surface area (Å²) in [6.45, 7) is 1.16. The Kier molecular flexibility index (Phi) is 4.24. The fraction of sp³-hybridized carbons (Fsp3) is 0.538. The molecule has 1 fully saturated rings. The van der Waals surface area contributed by atoms with Gasteiger partial charge in [-0.25, -0.2) is 8.42 Å². The van der Waals surface area contributed by atoms with Crippen LogP contribution in [0, 0.1) is 0 Å². The van der Waals surface area contributed by atoms with E-state index in [4.69, 9.17) is 0 Å². The molecule has 5 heteroatoms. The van der Waals surface area contributed by atoms with Gasteiger partial charge in [-0.3, -0.25) is 0 Å². The number of hydrogen-bond acceptors (Lipinski definition) is 3. The molecule has 0 aromatic heterocycles. The van der Waals surface area contributed by atoms with E-state index in [0.29, 0.717) is 13.1 Å². The van der Waals surface area contributed by atoms with Crippen LogP contribution < -0.4 is 0 Å². The Morgan fingerprint density at radius 1 is 1.00 bits per heavy atom. The minimum Gasteiger partial charge on any atom is -0.508 e. The fourth-order valence-corrected chi connectivity index (χ4v) is 3.81. The van der Waals surface area contributed by atoms with Crippen LogP contribution in [0.1, 0.15) is 32.1 Å². The first-order valence-corrected chi connectivity index (χ1v) is 7.84. The maximum absolute atomic E-state index is 12.4. The van der Waals surface area contributed by atoms with Crippen molar-refractivity contribution in [3.8, 4) is 5.75 Å². The Balaban J connectivity index is 2.23. The maximum Gasteiger partial charge on any atom is 0.243 e. The lowest BCUT2D eigenvalue weighted by Gasteiger charge is -2.24. The molecule has 1 N–H and O–H groups in total. The third kappa shape index (κ3) is 3.03. The van der Waals surface area contributed by atoms with Crippen molar-refractivity contribution in [2.75, 3.05) is 13.1 Å². The molecule has 0 aliphatic carbocycles. The van der Waals surface area contributed by atoms with Crippen LogP contribution in [0.4, 0.5) is 0 Å². The van der Waals surface area contributed by atoms with Gasteiger partial charge in [-0.1, -0.05) is 25.3 Å². The van der Waals surface area contributed by atoms with Crippen molar-refractivity contribution >= 4 is 10.0 Å². The largest absolute Gasteiger partial charge is 0.508 e. The number of hydrogen-bond donors (Lipinski definition) is 1. The van der Waals surface area contributed by atoms with E-state index in [9.17, 15) is 13.5 Å². The van der Waals surface area contributed by atoms with E-state index in [1.165, 1.54) is 24.6 Å². The van der Waals surface area contributed by atoms with Crippen LogP contribution in [0.15, 0.2) is 29.2 Å². The van der Waals surface area contributed by atoms with E-state index < -0.39 is 10.0 Å². The summed E-state index contributed by atoms with van der Waals surface area (Å²) in [5.74, 6) is -0.0110. The first-order valence-electron chi connectivity index (χ1n) is 6.40. The summed E-state index contributed by atoms with van der Waals surface area (Å²) < 4.78 is 26.4. The number of aromatic hydroxyl groups is 1. The summed E-state index contributed by atoms with van der Waals surface area (Å²) >= 11 is 0. The first kappa shape index (κ1) is 13.4. The van der Waals surface area contributed by atoms with Crippen molar-refractivity contribution in [2.45, 2.75) is 37.0 Å². The zero-order valence-corrected chi connectivity index (χ0v) is 11.2. The van der Waals surface area contributed by atoms with E-state index in [1.807, 2.05) is 0 Å². The molecule has 0 amide bonds. The van der Waals surface area contributed by atoms with Crippen LogP contribution >= 0.6 is 0 Å². The molecule has 100 valence electrons. The SMILES string of the molecule is O=S(=O)(c1cccc(O)c1)N1CCCCCCC1. The molecule has 18 heavy (non-hydrogen) atoms. The molecule has 1 heterocycles. The van der Waals surface area contributed by atoms with Crippen LogP contribution in [0.3, 0.4) is 0 Å². The van der Waals surface area contributed by atoms with Gasteiger partial charge in [0, 0.05) is 13.1 Å². The second-order valence-corrected chi connectivity index (χ2v) is 6.61. The van der Waals surface area contributed by atoms with E-state index in [1.54, 1.807) is 10.4 Å². The van der Waals surface area contributed by atoms with Crippen molar-refractivity contribution in [1.82, 2.24) is 4.31 Å². The van der Waals surface area contributed by atoms with Gasteiger partial charge < -0.3 is 5.11 Å². The van der Waals surface area contributed by atoms with Crippen molar-refractivity contribution < 1.29 is 13.5 Å². The van der Waals surface area contributed by atoms with Gasteiger partial charge in [0.1, 0.15) is 5.75 Å². The molecule has 0 atom stereocenters. The van der Waals surface area contributed by atoms with Crippen molar-refractivity contribution in [3.05, 3.63) is 24.3 Å². The van der Waals surface area contributed by atoms with Crippen molar-refractivity contribution in [2.24, 2.45) is 0 Å². The average Bonchev–Trinajstić information content (AvgIpc) is 2.27. The molecule has 0 bridgehead atoms. The number of nitrogens with zero attached hydrogens (tertiary/aromatic N) is 1. The molecule has 0 saturated carbocycles. The molecule has 1 aliphatic rings. The third-order valence-electron chi connectivity index (χ3n) is 3.27. The lowest BCUT2D eigenvalue weighted by Crippen LogP contribution is -2.33. The van der Waals surface area contributed by atoms with Gasteiger partial charge in [-0.05, 0) is 31.0 Å². The normalized spacial score (nSPS) is 19.1. The molecule has 4 nitrogen and oxygen atoms in total. The fourth-order valence-electron chi connectivity index (χ4n) is 2.25. The highest BCUT2D eigenvalue weighted by Crippen LogP contribution is 2.22. The summed E-state index contributed by atoms with van der Waals surface area (Å²) in [5.41, 5.74) is 0. The Morgan fingerprint density at radius 2 is 1.61 bits per heavy atom. The van der Waals surface area contributed by atoms with E-state index in [0.717, 1.165) is 25.7 Å².